The topological polar surface area (TPSA) is 121 Å². The average Bonchev–Trinajstić information content (AvgIpc) is 2.92. The zero-order chi connectivity index (χ0) is 28.4. The number of aliphatic hydroxyl groups excluding tert-OH is 1. The van der Waals surface area contributed by atoms with E-state index in [9.17, 15) is 23.2 Å². The van der Waals surface area contributed by atoms with Crippen LogP contribution < -0.4 is 10.6 Å². The monoisotopic (exact) mass is 562 g/mol. The lowest BCUT2D eigenvalue weighted by molar-refractivity contribution is -0.133. The van der Waals surface area contributed by atoms with Gasteiger partial charge in [0.05, 0.1) is 11.1 Å². The second-order valence-electron chi connectivity index (χ2n) is 8.81. The first kappa shape index (κ1) is 29.7. The molecule has 0 spiro atoms. The van der Waals surface area contributed by atoms with Gasteiger partial charge in [-0.15, -0.1) is 0 Å². The summed E-state index contributed by atoms with van der Waals surface area (Å²) in [5.74, 6) is -1.63. The predicted octanol–water partition coefficient (Wildman–Crippen LogP) is 4.06. The van der Waals surface area contributed by atoms with Crippen LogP contribution in [-0.2, 0) is 20.7 Å². The number of likely N-dealkylation sites (N-methyl/N-ethyl adjacent to an activating group) is 1. The molecule has 3 aromatic rings. The maximum Gasteiger partial charge on any atom is 0.412 e. The number of carbonyl (C=O) groups is 3. The van der Waals surface area contributed by atoms with Crippen LogP contribution >= 0.6 is 11.6 Å². The molecule has 3 N–H and O–H groups in total. The smallest absolute Gasteiger partial charge is 0.412 e. The van der Waals surface area contributed by atoms with Crippen molar-refractivity contribution in [3.05, 3.63) is 70.9 Å². The van der Waals surface area contributed by atoms with Crippen molar-refractivity contribution in [2.45, 2.75) is 31.7 Å². The molecule has 1 atom stereocenters. The minimum Gasteiger partial charge on any atom is -0.447 e. The number of aromatic nitrogens is 1. The molecule has 1 heterocycles. The van der Waals surface area contributed by atoms with Crippen LogP contribution in [0, 0.1) is 11.6 Å². The van der Waals surface area contributed by atoms with Gasteiger partial charge in [0.25, 0.3) is 0 Å². The van der Waals surface area contributed by atoms with Crippen LogP contribution in [0.3, 0.4) is 0 Å². The van der Waals surface area contributed by atoms with Gasteiger partial charge in [-0.25, -0.2) is 18.6 Å². The number of benzene rings is 2. The SMILES string of the molecule is CN(C(=O)CCc1cccc(F)c1Cl)[C@@H](CCCNC(=O)CO)COC(=O)Nc1cc2cc(F)ccc2cn1. The number of nitrogens with zero attached hydrogens (tertiary/aromatic N) is 2. The Morgan fingerprint density at radius 2 is 1.95 bits per heavy atom. The summed E-state index contributed by atoms with van der Waals surface area (Å²) in [6, 6.07) is 9.55. The Labute approximate surface area is 229 Å². The van der Waals surface area contributed by atoms with Crippen LogP contribution in [0.2, 0.25) is 5.02 Å². The van der Waals surface area contributed by atoms with E-state index in [0.717, 1.165) is 0 Å². The quantitative estimate of drug-likeness (QED) is 0.286. The van der Waals surface area contributed by atoms with Crippen molar-refractivity contribution in [3.63, 3.8) is 0 Å². The lowest BCUT2D eigenvalue weighted by Crippen LogP contribution is -2.41. The van der Waals surface area contributed by atoms with Crippen LogP contribution in [0.5, 0.6) is 0 Å². The van der Waals surface area contributed by atoms with Gasteiger partial charge in [0.1, 0.15) is 30.7 Å². The Balaban J connectivity index is 1.60. The number of nitrogens with one attached hydrogen (secondary N) is 2. The summed E-state index contributed by atoms with van der Waals surface area (Å²) in [4.78, 5) is 42.2. The zero-order valence-corrected chi connectivity index (χ0v) is 22.0. The Morgan fingerprint density at radius 1 is 1.15 bits per heavy atom. The molecular weight excluding hydrogens is 534 g/mol. The Bertz CT molecular complexity index is 1330. The summed E-state index contributed by atoms with van der Waals surface area (Å²) in [5, 5.41) is 15.1. The highest BCUT2D eigenvalue weighted by atomic mass is 35.5. The molecule has 2 aromatic carbocycles. The van der Waals surface area contributed by atoms with Crippen molar-refractivity contribution in [2.24, 2.45) is 0 Å². The molecule has 0 aliphatic carbocycles. The van der Waals surface area contributed by atoms with Gasteiger partial charge in [-0.1, -0.05) is 23.7 Å². The molecule has 3 amide bonds. The van der Waals surface area contributed by atoms with E-state index in [-0.39, 0.29) is 42.7 Å². The summed E-state index contributed by atoms with van der Waals surface area (Å²) >= 11 is 5.99. The Morgan fingerprint density at radius 3 is 2.72 bits per heavy atom. The summed E-state index contributed by atoms with van der Waals surface area (Å²) < 4.78 is 32.6. The third kappa shape index (κ3) is 8.86. The number of carbonyl (C=O) groups excluding carboxylic acids is 3. The molecule has 0 bridgehead atoms. The lowest BCUT2D eigenvalue weighted by Gasteiger charge is -2.28. The predicted molar refractivity (Wildman–Crippen MR) is 142 cm³/mol. The summed E-state index contributed by atoms with van der Waals surface area (Å²) in [5.41, 5.74) is 0.500. The van der Waals surface area contributed by atoms with Gasteiger partial charge < -0.3 is 20.1 Å². The summed E-state index contributed by atoms with van der Waals surface area (Å²) in [6.45, 7) is -0.547. The number of hydrogen-bond acceptors (Lipinski definition) is 6. The maximum absolute atomic E-state index is 13.7. The third-order valence-corrected chi connectivity index (χ3v) is 6.50. The van der Waals surface area contributed by atoms with Gasteiger partial charge in [0.2, 0.25) is 11.8 Å². The Kier molecular flexibility index (Phi) is 10.9. The fourth-order valence-corrected chi connectivity index (χ4v) is 4.09. The molecule has 0 saturated carbocycles. The van der Waals surface area contributed by atoms with Gasteiger partial charge in [0, 0.05) is 31.6 Å². The molecule has 39 heavy (non-hydrogen) atoms. The molecule has 208 valence electrons. The van der Waals surface area contributed by atoms with E-state index in [1.165, 1.54) is 41.4 Å². The molecule has 3 rings (SSSR count). The average molecular weight is 563 g/mol. The van der Waals surface area contributed by atoms with E-state index in [2.05, 4.69) is 15.6 Å². The van der Waals surface area contributed by atoms with Crippen LogP contribution in [-0.4, -0.2) is 65.7 Å². The fourth-order valence-electron chi connectivity index (χ4n) is 3.87. The number of aliphatic hydroxyl groups is 1. The van der Waals surface area contributed by atoms with E-state index in [1.807, 2.05) is 0 Å². The van der Waals surface area contributed by atoms with Gasteiger partial charge in [-0.05, 0) is 60.5 Å². The van der Waals surface area contributed by atoms with Crippen LogP contribution in [0.15, 0.2) is 48.7 Å². The van der Waals surface area contributed by atoms with E-state index >= 15 is 0 Å². The minimum absolute atomic E-state index is 0.0332. The molecule has 0 fully saturated rings. The third-order valence-electron chi connectivity index (χ3n) is 6.08. The van der Waals surface area contributed by atoms with Gasteiger partial charge in [-0.3, -0.25) is 14.9 Å². The lowest BCUT2D eigenvalue weighted by atomic mass is 10.1. The fraction of sp³-hybridized carbons (Fsp3) is 0.333. The van der Waals surface area contributed by atoms with Gasteiger partial charge >= 0.3 is 6.09 Å². The molecule has 0 aliphatic heterocycles. The molecule has 1 aromatic heterocycles. The summed E-state index contributed by atoms with van der Waals surface area (Å²) in [7, 11) is 1.56. The van der Waals surface area contributed by atoms with Gasteiger partial charge in [-0.2, -0.15) is 0 Å². The summed E-state index contributed by atoms with van der Waals surface area (Å²) in [6.07, 6.45) is 1.74. The molecule has 0 saturated heterocycles. The number of hydrogen-bond donors (Lipinski definition) is 3. The van der Waals surface area contributed by atoms with Crippen molar-refractivity contribution in [1.82, 2.24) is 15.2 Å². The van der Waals surface area contributed by atoms with Gasteiger partial charge in [0.15, 0.2) is 0 Å². The van der Waals surface area contributed by atoms with E-state index in [1.54, 1.807) is 19.2 Å². The van der Waals surface area contributed by atoms with Crippen LogP contribution in [0.1, 0.15) is 24.8 Å². The molecule has 9 nitrogen and oxygen atoms in total. The van der Waals surface area contributed by atoms with Crippen LogP contribution in [0.4, 0.5) is 19.4 Å². The second kappa shape index (κ2) is 14.4. The van der Waals surface area contributed by atoms with E-state index in [0.29, 0.717) is 29.2 Å². The van der Waals surface area contributed by atoms with E-state index < -0.39 is 36.3 Å². The number of amides is 3. The van der Waals surface area contributed by atoms with Crippen molar-refractivity contribution >= 4 is 46.1 Å². The molecule has 12 heteroatoms. The Hall–Kier alpha value is -3.83. The van der Waals surface area contributed by atoms with E-state index in [4.69, 9.17) is 21.4 Å². The number of fused-ring (bicyclic) bond motifs is 1. The zero-order valence-electron chi connectivity index (χ0n) is 21.3. The minimum atomic E-state index is -0.816. The number of ether oxygens (including phenoxy) is 1. The number of anilines is 1. The molecular formula is C27H29ClF2N4O5. The second-order valence-corrected chi connectivity index (χ2v) is 9.18. The maximum atomic E-state index is 13.7. The number of halogens is 3. The molecule has 0 radical (unpaired) electrons. The first-order valence-corrected chi connectivity index (χ1v) is 12.6. The standard InChI is InChI=1S/C27H29ClF2N4O5/c1-34(25(37)10-8-17-4-2-6-22(30)26(17)28)21(5-3-11-31-24(36)15-35)16-39-27(38)33-23-13-19-12-20(29)9-7-18(19)14-32-23/h2,4,6-7,9,12-14,21,35H,3,5,8,10-11,15-16H2,1H3,(H,31,36)(H,32,33,38)/t21-/m0/s1. The highest BCUT2D eigenvalue weighted by molar-refractivity contribution is 6.31. The number of rotatable bonds is 12. The van der Waals surface area contributed by atoms with Crippen molar-refractivity contribution in [2.75, 3.05) is 32.1 Å². The van der Waals surface area contributed by atoms with Crippen LogP contribution in [0.25, 0.3) is 10.8 Å². The normalized spacial score (nSPS) is 11.6. The number of pyridine rings is 1. The first-order valence-electron chi connectivity index (χ1n) is 12.2. The molecule has 0 aliphatic rings. The van der Waals surface area contributed by atoms with Crippen molar-refractivity contribution in [1.29, 1.82) is 0 Å². The highest BCUT2D eigenvalue weighted by Crippen LogP contribution is 2.22. The first-order chi connectivity index (χ1) is 18.7. The largest absolute Gasteiger partial charge is 0.447 e. The highest BCUT2D eigenvalue weighted by Gasteiger charge is 2.22. The van der Waals surface area contributed by atoms with Crippen molar-refractivity contribution in [3.8, 4) is 0 Å². The van der Waals surface area contributed by atoms with Crippen molar-refractivity contribution < 1.29 is 33.0 Å². The molecule has 0 unspecified atom stereocenters. The number of aryl methyl sites for hydroxylation is 1.